The Kier molecular flexibility index (Phi) is 7.39. The third-order valence-corrected chi connectivity index (χ3v) is 4.31. The predicted octanol–water partition coefficient (Wildman–Crippen LogP) is 4.76. The first-order valence-electron chi connectivity index (χ1n) is 9.39. The lowest BCUT2D eigenvalue weighted by Gasteiger charge is -2.21. The first-order chi connectivity index (χ1) is 12.6. The molecule has 0 unspecified atom stereocenters. The quantitative estimate of drug-likeness (QED) is 0.744. The summed E-state index contributed by atoms with van der Waals surface area (Å²) in [6.45, 7) is 7.70. The molecule has 0 heterocycles. The van der Waals surface area contributed by atoms with Crippen molar-refractivity contribution in [2.24, 2.45) is 0 Å². The lowest BCUT2D eigenvalue weighted by atomic mass is 10.1. The van der Waals surface area contributed by atoms with Crippen molar-refractivity contribution in [2.75, 3.05) is 18.4 Å². The molecule has 1 N–H and O–H groups in total. The summed E-state index contributed by atoms with van der Waals surface area (Å²) in [7, 11) is 0. The Bertz CT molecular complexity index is 732. The molecule has 0 radical (unpaired) electrons. The van der Waals surface area contributed by atoms with Crippen LogP contribution in [0, 0.1) is 0 Å². The molecular weight excluding hydrogens is 324 g/mol. The van der Waals surface area contributed by atoms with Gasteiger partial charge in [-0.2, -0.15) is 0 Å². The predicted molar refractivity (Wildman–Crippen MR) is 107 cm³/mol. The molecule has 0 saturated heterocycles. The molecule has 0 aliphatic carbocycles. The van der Waals surface area contributed by atoms with Gasteiger partial charge in [0.25, 0.3) is 11.8 Å². The van der Waals surface area contributed by atoms with Crippen LogP contribution in [0.1, 0.15) is 59.9 Å². The van der Waals surface area contributed by atoms with Crippen LogP contribution >= 0.6 is 0 Å². The number of aryl methyl sites for hydroxylation is 1. The van der Waals surface area contributed by atoms with Gasteiger partial charge in [0.1, 0.15) is 0 Å². The fourth-order valence-electron chi connectivity index (χ4n) is 2.95. The molecule has 0 aliphatic heterocycles. The minimum absolute atomic E-state index is 0.0250. The Morgan fingerprint density at radius 3 is 2.00 bits per heavy atom. The molecule has 0 saturated carbocycles. The van der Waals surface area contributed by atoms with Crippen LogP contribution < -0.4 is 5.32 Å². The van der Waals surface area contributed by atoms with Gasteiger partial charge in [0.2, 0.25) is 0 Å². The zero-order valence-corrected chi connectivity index (χ0v) is 15.9. The molecule has 0 aromatic heterocycles. The number of nitrogens with one attached hydrogen (secondary N) is 1. The van der Waals surface area contributed by atoms with Crippen molar-refractivity contribution >= 4 is 17.5 Å². The van der Waals surface area contributed by atoms with Gasteiger partial charge in [0.05, 0.1) is 0 Å². The second-order valence-electron chi connectivity index (χ2n) is 6.33. The number of rotatable bonds is 8. The van der Waals surface area contributed by atoms with E-state index in [1.54, 1.807) is 24.3 Å². The van der Waals surface area contributed by atoms with Crippen LogP contribution in [0.25, 0.3) is 0 Å². The molecule has 4 heteroatoms. The number of nitrogens with zero attached hydrogens (tertiary/aromatic N) is 1. The van der Waals surface area contributed by atoms with E-state index < -0.39 is 0 Å². The molecule has 26 heavy (non-hydrogen) atoms. The molecule has 138 valence electrons. The molecule has 2 aromatic rings. The van der Waals surface area contributed by atoms with Crippen LogP contribution in [-0.2, 0) is 6.42 Å². The number of para-hydroxylation sites is 1. The van der Waals surface area contributed by atoms with Crippen LogP contribution in [0.5, 0.6) is 0 Å². The van der Waals surface area contributed by atoms with E-state index in [1.165, 1.54) is 0 Å². The monoisotopic (exact) mass is 352 g/mol. The maximum absolute atomic E-state index is 12.6. The summed E-state index contributed by atoms with van der Waals surface area (Å²) in [5.74, 6) is -0.138. The minimum Gasteiger partial charge on any atom is -0.339 e. The summed E-state index contributed by atoms with van der Waals surface area (Å²) in [4.78, 5) is 27.0. The van der Waals surface area contributed by atoms with Crippen LogP contribution in [0.2, 0.25) is 0 Å². The summed E-state index contributed by atoms with van der Waals surface area (Å²) in [6.07, 6.45) is 2.72. The Balaban J connectivity index is 2.10. The number of carbonyl (C=O) groups excluding carboxylic acids is 2. The molecular formula is C22H28N2O2. The largest absolute Gasteiger partial charge is 0.339 e. The van der Waals surface area contributed by atoms with E-state index in [9.17, 15) is 9.59 Å². The number of anilines is 1. The average Bonchev–Trinajstić information content (AvgIpc) is 2.67. The Morgan fingerprint density at radius 1 is 0.846 bits per heavy atom. The molecule has 0 aliphatic rings. The third kappa shape index (κ3) is 4.94. The normalized spacial score (nSPS) is 10.4. The van der Waals surface area contributed by atoms with Crippen LogP contribution in [0.15, 0.2) is 48.5 Å². The van der Waals surface area contributed by atoms with E-state index in [4.69, 9.17) is 0 Å². The van der Waals surface area contributed by atoms with Gasteiger partial charge < -0.3 is 10.2 Å². The average molecular weight is 352 g/mol. The van der Waals surface area contributed by atoms with Crippen LogP contribution in [-0.4, -0.2) is 29.8 Å². The summed E-state index contributed by atoms with van der Waals surface area (Å²) < 4.78 is 0. The van der Waals surface area contributed by atoms with Crippen molar-refractivity contribution in [1.29, 1.82) is 0 Å². The van der Waals surface area contributed by atoms with Gasteiger partial charge in [0, 0.05) is 29.9 Å². The fourth-order valence-corrected chi connectivity index (χ4v) is 2.95. The number of hydrogen-bond acceptors (Lipinski definition) is 2. The highest BCUT2D eigenvalue weighted by atomic mass is 16.2. The molecule has 0 atom stereocenters. The fraction of sp³-hybridized carbons (Fsp3) is 0.364. The first kappa shape index (κ1) is 19.7. The smallest absolute Gasteiger partial charge is 0.255 e. The van der Waals surface area contributed by atoms with Crippen molar-refractivity contribution in [2.45, 2.75) is 40.0 Å². The Hall–Kier alpha value is -2.62. The SMILES string of the molecule is CCCN(CCC)C(=O)c1ccc(C(=O)Nc2ccccc2CC)cc1. The molecule has 0 bridgehead atoms. The highest BCUT2D eigenvalue weighted by Gasteiger charge is 2.15. The zero-order chi connectivity index (χ0) is 18.9. The van der Waals surface area contributed by atoms with Crippen molar-refractivity contribution < 1.29 is 9.59 Å². The summed E-state index contributed by atoms with van der Waals surface area (Å²) in [5, 5.41) is 2.96. The number of benzene rings is 2. The van der Waals surface area contributed by atoms with Gasteiger partial charge in [0.15, 0.2) is 0 Å². The molecule has 2 rings (SSSR count). The van der Waals surface area contributed by atoms with E-state index in [1.807, 2.05) is 29.2 Å². The maximum atomic E-state index is 12.6. The lowest BCUT2D eigenvalue weighted by molar-refractivity contribution is 0.0755. The zero-order valence-electron chi connectivity index (χ0n) is 15.9. The third-order valence-electron chi connectivity index (χ3n) is 4.31. The van der Waals surface area contributed by atoms with Crippen molar-refractivity contribution in [1.82, 2.24) is 4.90 Å². The highest BCUT2D eigenvalue weighted by Crippen LogP contribution is 2.17. The van der Waals surface area contributed by atoms with E-state index in [-0.39, 0.29) is 11.8 Å². The van der Waals surface area contributed by atoms with E-state index in [0.29, 0.717) is 11.1 Å². The molecule has 0 spiro atoms. The number of carbonyl (C=O) groups is 2. The van der Waals surface area contributed by atoms with Gasteiger partial charge in [-0.15, -0.1) is 0 Å². The van der Waals surface area contributed by atoms with Crippen molar-refractivity contribution in [3.8, 4) is 0 Å². The Morgan fingerprint density at radius 2 is 1.42 bits per heavy atom. The summed E-state index contributed by atoms with van der Waals surface area (Å²) in [5.41, 5.74) is 3.10. The van der Waals surface area contributed by atoms with Gasteiger partial charge >= 0.3 is 0 Å². The lowest BCUT2D eigenvalue weighted by Crippen LogP contribution is -2.32. The van der Waals surface area contributed by atoms with Crippen LogP contribution in [0.4, 0.5) is 5.69 Å². The summed E-state index contributed by atoms with van der Waals surface area (Å²) in [6, 6.07) is 14.7. The molecule has 2 aromatic carbocycles. The van der Waals surface area contributed by atoms with Gasteiger partial charge in [-0.05, 0) is 55.2 Å². The van der Waals surface area contributed by atoms with Crippen molar-refractivity contribution in [3.05, 3.63) is 65.2 Å². The number of hydrogen-bond donors (Lipinski definition) is 1. The van der Waals surface area contributed by atoms with Gasteiger partial charge in [-0.3, -0.25) is 9.59 Å². The van der Waals surface area contributed by atoms with E-state index in [0.717, 1.165) is 43.6 Å². The molecule has 2 amide bonds. The molecule has 0 fully saturated rings. The number of amides is 2. The second-order valence-corrected chi connectivity index (χ2v) is 6.33. The maximum Gasteiger partial charge on any atom is 0.255 e. The minimum atomic E-state index is -0.163. The highest BCUT2D eigenvalue weighted by molar-refractivity contribution is 6.05. The van der Waals surface area contributed by atoms with Crippen molar-refractivity contribution in [3.63, 3.8) is 0 Å². The molecule has 4 nitrogen and oxygen atoms in total. The van der Waals surface area contributed by atoms with Gasteiger partial charge in [-0.25, -0.2) is 0 Å². The Labute approximate surface area is 156 Å². The van der Waals surface area contributed by atoms with E-state index >= 15 is 0 Å². The topological polar surface area (TPSA) is 49.4 Å². The summed E-state index contributed by atoms with van der Waals surface area (Å²) >= 11 is 0. The second kappa shape index (κ2) is 9.76. The van der Waals surface area contributed by atoms with Gasteiger partial charge in [-0.1, -0.05) is 39.0 Å². The first-order valence-corrected chi connectivity index (χ1v) is 9.39. The van der Waals surface area contributed by atoms with Crippen LogP contribution in [0.3, 0.4) is 0 Å². The van der Waals surface area contributed by atoms with E-state index in [2.05, 4.69) is 26.1 Å². The standard InChI is InChI=1S/C22H28N2O2/c1-4-15-24(16-5-2)22(26)19-13-11-18(12-14-19)21(25)23-20-10-8-7-9-17(20)6-3/h7-14H,4-6,15-16H2,1-3H3,(H,23,25).